The molecule has 14 rings (SSSR count). The molecule has 1 aliphatic rings. The SMILES string of the molecule is CCC1=C(c2cccc3c2sc2ccccc23)/N=C(/c2cc(-n3c4cc5ccccc5cc4c4cc5ccccc5cc43)cc3sc4ccccc4c23)[C@H](C)C\C=C\1c1cccc(-c2ccccc2)c1. The van der Waals surface area contributed by atoms with Gasteiger partial charge >= 0.3 is 0 Å². The Morgan fingerprint density at radius 1 is 0.486 bits per heavy atom. The van der Waals surface area contributed by atoms with Crippen molar-refractivity contribution in [3.63, 3.8) is 0 Å². The highest BCUT2D eigenvalue weighted by Crippen LogP contribution is 2.47. The summed E-state index contributed by atoms with van der Waals surface area (Å²) in [5.74, 6) is 0.0884. The summed E-state index contributed by atoms with van der Waals surface area (Å²) in [4.78, 5) is 6.21. The third kappa shape index (κ3) is 6.55. The molecule has 0 saturated carbocycles. The standard InChI is InChI=1S/C66H46N2S2/c1-3-49-50(47-24-15-23-42(33-47)41-17-5-4-6-18-41)32-31-40(2)64(67-65(49)54-28-16-27-52-51-25-11-13-29-60(51)70-66(52)54)57-38-48(39-62-63(57)53-26-12-14-30-61(53)69-62)68-58-36-45-21-9-7-19-43(45)34-55(58)56-35-44-20-8-10-22-46(44)37-59(56)68/h4-30,32-40H,3,31H2,1-2H3/b50-32+,65-49-,67-64+/t40-/m1/s1. The van der Waals surface area contributed by atoms with E-state index < -0.39 is 0 Å². The molecular formula is C66H46N2S2. The quantitative estimate of drug-likeness (QED) is 0.158. The minimum absolute atomic E-state index is 0.0884. The molecule has 0 spiro atoms. The number of hydrogen-bond acceptors (Lipinski definition) is 3. The molecule has 1 atom stereocenters. The number of aliphatic imine (C=N–C) groups is 1. The zero-order valence-electron chi connectivity index (χ0n) is 38.9. The lowest BCUT2D eigenvalue weighted by Crippen LogP contribution is -2.16. The molecule has 4 heteroatoms. The van der Waals surface area contributed by atoms with Crippen LogP contribution < -0.4 is 0 Å². The van der Waals surface area contributed by atoms with Gasteiger partial charge in [-0.2, -0.15) is 0 Å². The highest BCUT2D eigenvalue weighted by molar-refractivity contribution is 7.26. The third-order valence-electron chi connectivity index (χ3n) is 14.8. The van der Waals surface area contributed by atoms with E-state index >= 15 is 0 Å². The summed E-state index contributed by atoms with van der Waals surface area (Å²) in [5.41, 5.74) is 14.3. The summed E-state index contributed by atoms with van der Waals surface area (Å²) in [6, 6.07) is 76.7. The van der Waals surface area contributed by atoms with Crippen molar-refractivity contribution in [2.24, 2.45) is 10.9 Å². The molecule has 0 radical (unpaired) electrons. The van der Waals surface area contributed by atoms with E-state index in [2.05, 4.69) is 231 Å². The summed E-state index contributed by atoms with van der Waals surface area (Å²) in [7, 11) is 0. The predicted molar refractivity (Wildman–Crippen MR) is 305 cm³/mol. The molecule has 0 aliphatic carbocycles. The van der Waals surface area contributed by atoms with Crippen LogP contribution in [0, 0.1) is 5.92 Å². The fraction of sp³-hybridized carbons (Fsp3) is 0.0758. The van der Waals surface area contributed by atoms with Gasteiger partial charge in [0.15, 0.2) is 0 Å². The maximum absolute atomic E-state index is 6.21. The average molecular weight is 931 g/mol. The van der Waals surface area contributed by atoms with E-state index in [9.17, 15) is 0 Å². The van der Waals surface area contributed by atoms with Crippen LogP contribution in [0.3, 0.4) is 0 Å². The van der Waals surface area contributed by atoms with Gasteiger partial charge in [-0.15, -0.1) is 22.7 Å². The molecule has 10 aromatic carbocycles. The molecule has 0 N–H and O–H groups in total. The van der Waals surface area contributed by atoms with Crippen molar-refractivity contribution in [2.75, 3.05) is 0 Å². The lowest BCUT2D eigenvalue weighted by atomic mass is 9.85. The van der Waals surface area contributed by atoms with Gasteiger partial charge in [-0.25, -0.2) is 0 Å². The fourth-order valence-corrected chi connectivity index (χ4v) is 13.8. The second-order valence-electron chi connectivity index (χ2n) is 18.9. The summed E-state index contributed by atoms with van der Waals surface area (Å²) >= 11 is 3.78. The molecule has 70 heavy (non-hydrogen) atoms. The number of allylic oxidation sites excluding steroid dienone is 3. The van der Waals surface area contributed by atoms with Gasteiger partial charge in [0, 0.05) is 73.8 Å². The van der Waals surface area contributed by atoms with Crippen LogP contribution in [0.25, 0.3) is 112 Å². The van der Waals surface area contributed by atoms with Crippen LogP contribution in [0.2, 0.25) is 0 Å². The van der Waals surface area contributed by atoms with Gasteiger partial charge in [0.05, 0.1) is 22.4 Å². The number of rotatable bonds is 6. The van der Waals surface area contributed by atoms with E-state index in [0.717, 1.165) is 29.9 Å². The summed E-state index contributed by atoms with van der Waals surface area (Å²) in [6.45, 7) is 4.71. The lowest BCUT2D eigenvalue weighted by Gasteiger charge is -2.24. The van der Waals surface area contributed by atoms with Crippen molar-refractivity contribution in [3.8, 4) is 16.8 Å². The molecule has 0 fully saturated rings. The highest BCUT2D eigenvalue weighted by Gasteiger charge is 2.27. The van der Waals surface area contributed by atoms with E-state index in [1.807, 2.05) is 22.7 Å². The molecule has 0 amide bonds. The van der Waals surface area contributed by atoms with Gasteiger partial charge in [0.2, 0.25) is 0 Å². The monoisotopic (exact) mass is 930 g/mol. The van der Waals surface area contributed by atoms with Gasteiger partial charge < -0.3 is 4.57 Å². The minimum Gasteiger partial charge on any atom is -0.309 e. The molecular weight excluding hydrogens is 885 g/mol. The molecule has 0 saturated heterocycles. The zero-order valence-corrected chi connectivity index (χ0v) is 40.5. The Hall–Kier alpha value is -7.89. The van der Waals surface area contributed by atoms with Crippen LogP contribution >= 0.6 is 22.7 Å². The van der Waals surface area contributed by atoms with Crippen molar-refractivity contribution >= 4 is 123 Å². The largest absolute Gasteiger partial charge is 0.309 e. The first-order valence-electron chi connectivity index (χ1n) is 24.5. The number of thiophene rings is 2. The number of benzene rings is 10. The van der Waals surface area contributed by atoms with E-state index in [-0.39, 0.29) is 5.92 Å². The topological polar surface area (TPSA) is 17.3 Å². The molecule has 1 aliphatic heterocycles. The Morgan fingerprint density at radius 3 is 1.79 bits per heavy atom. The maximum Gasteiger partial charge on any atom is 0.0758 e. The second kappa shape index (κ2) is 16.4. The highest BCUT2D eigenvalue weighted by atomic mass is 32.1. The van der Waals surface area contributed by atoms with E-state index in [1.165, 1.54) is 123 Å². The van der Waals surface area contributed by atoms with Gasteiger partial charge in [-0.05, 0) is 117 Å². The first-order valence-corrected chi connectivity index (χ1v) is 26.1. The zero-order chi connectivity index (χ0) is 46.5. The smallest absolute Gasteiger partial charge is 0.0758 e. The molecule has 4 heterocycles. The minimum atomic E-state index is 0.0884. The van der Waals surface area contributed by atoms with Crippen LogP contribution in [0.4, 0.5) is 0 Å². The molecule has 13 aromatic rings. The van der Waals surface area contributed by atoms with E-state index in [0.29, 0.717) is 0 Å². The summed E-state index contributed by atoms with van der Waals surface area (Å²) < 4.78 is 7.67. The summed E-state index contributed by atoms with van der Waals surface area (Å²) in [6.07, 6.45) is 4.20. The van der Waals surface area contributed by atoms with Gasteiger partial charge in [0.1, 0.15) is 0 Å². The Kier molecular flexibility index (Phi) is 9.62. The van der Waals surface area contributed by atoms with Gasteiger partial charge in [-0.1, -0.05) is 172 Å². The average Bonchev–Trinajstić information content (AvgIpc) is 4.08. The first-order chi connectivity index (χ1) is 34.6. The Bertz CT molecular complexity index is 4290. The first kappa shape index (κ1) is 41.1. The van der Waals surface area contributed by atoms with Gasteiger partial charge in [0.25, 0.3) is 0 Å². The summed E-state index contributed by atoms with van der Waals surface area (Å²) in [5, 5.41) is 12.6. The Balaban J connectivity index is 1.08. The van der Waals surface area contributed by atoms with E-state index in [1.54, 1.807) is 0 Å². The molecule has 3 aromatic heterocycles. The molecule has 2 nitrogen and oxygen atoms in total. The van der Waals surface area contributed by atoms with Crippen LogP contribution in [-0.2, 0) is 0 Å². The van der Waals surface area contributed by atoms with Crippen molar-refractivity contribution in [3.05, 3.63) is 235 Å². The van der Waals surface area contributed by atoms with Gasteiger partial charge in [-0.3, -0.25) is 4.99 Å². The fourth-order valence-electron chi connectivity index (χ4n) is 11.4. The Labute approximate surface area is 414 Å². The van der Waals surface area contributed by atoms with Crippen LogP contribution in [0.5, 0.6) is 0 Å². The molecule has 332 valence electrons. The van der Waals surface area contributed by atoms with Crippen LogP contribution in [-0.4, -0.2) is 10.3 Å². The van der Waals surface area contributed by atoms with Crippen molar-refractivity contribution in [2.45, 2.75) is 26.7 Å². The number of fused-ring (bicyclic) bond motifs is 11. The number of aromatic nitrogens is 1. The third-order valence-corrected chi connectivity index (χ3v) is 17.1. The van der Waals surface area contributed by atoms with Crippen LogP contribution in [0.15, 0.2) is 223 Å². The maximum atomic E-state index is 6.21. The number of nitrogens with zero attached hydrogens (tertiary/aromatic N) is 2. The second-order valence-corrected chi connectivity index (χ2v) is 21.0. The molecule has 0 bridgehead atoms. The molecule has 0 unspecified atom stereocenters. The van der Waals surface area contributed by atoms with Crippen molar-refractivity contribution in [1.29, 1.82) is 0 Å². The number of hydrogen-bond donors (Lipinski definition) is 0. The normalized spacial score (nSPS) is 17.2. The van der Waals surface area contributed by atoms with Crippen LogP contribution in [0.1, 0.15) is 43.4 Å². The predicted octanol–water partition coefficient (Wildman–Crippen LogP) is 19.2. The lowest BCUT2D eigenvalue weighted by molar-refractivity contribution is 0.790. The van der Waals surface area contributed by atoms with Crippen molar-refractivity contribution in [1.82, 2.24) is 4.57 Å². The van der Waals surface area contributed by atoms with Crippen molar-refractivity contribution < 1.29 is 0 Å². The van der Waals surface area contributed by atoms with E-state index in [4.69, 9.17) is 4.99 Å². The Morgan fingerprint density at radius 2 is 1.07 bits per heavy atom.